The Morgan fingerprint density at radius 2 is 2.15 bits per heavy atom. The van der Waals surface area contributed by atoms with Crippen LogP contribution in [0.2, 0.25) is 0 Å². The summed E-state index contributed by atoms with van der Waals surface area (Å²) in [5.41, 5.74) is 1.20. The van der Waals surface area contributed by atoms with Gasteiger partial charge in [0.25, 0.3) is 5.56 Å². The number of aliphatic hydroxyl groups excluding tert-OH is 1. The molecule has 1 aliphatic carbocycles. The number of thiophene rings is 1. The minimum atomic E-state index is -0.536. The molecule has 2 N–H and O–H groups in total. The number of rotatable bonds is 9. The van der Waals surface area contributed by atoms with Crippen LogP contribution in [0, 0.1) is 0 Å². The highest BCUT2D eigenvalue weighted by Gasteiger charge is 2.20. The average molecular weight is 380 g/mol. The first-order valence-electron chi connectivity index (χ1n) is 9.64. The van der Waals surface area contributed by atoms with E-state index in [9.17, 15) is 9.90 Å². The zero-order valence-electron chi connectivity index (χ0n) is 15.7. The van der Waals surface area contributed by atoms with Crippen molar-refractivity contribution in [2.75, 3.05) is 26.3 Å². The Bertz CT molecular complexity index is 786. The van der Waals surface area contributed by atoms with E-state index >= 15 is 0 Å². The van der Waals surface area contributed by atoms with Gasteiger partial charge in [-0.3, -0.25) is 9.69 Å². The van der Waals surface area contributed by atoms with Crippen LogP contribution in [-0.4, -0.2) is 52.4 Å². The normalized spacial score (nSPS) is 15.5. The smallest absolute Gasteiger partial charge is 0.259 e. The summed E-state index contributed by atoms with van der Waals surface area (Å²) in [6, 6.07) is 0. The minimum absolute atomic E-state index is 0.0179. The van der Waals surface area contributed by atoms with Gasteiger partial charge in [-0.15, -0.1) is 11.3 Å². The van der Waals surface area contributed by atoms with E-state index in [-0.39, 0.29) is 5.56 Å². The standard InChI is InChI=1S/C19H29N3O3S/c1-3-9-22(10-13(23)12-25-4-2)11-16-20-18(24)17-14-7-5-6-8-15(14)26-19(17)21-16/h13,23H,3-12H2,1-2H3,(H,20,21,24)/t13-/m1/s1. The number of aryl methyl sites for hydroxylation is 2. The molecular weight excluding hydrogens is 350 g/mol. The van der Waals surface area contributed by atoms with E-state index < -0.39 is 6.10 Å². The van der Waals surface area contributed by atoms with Gasteiger partial charge in [-0.05, 0) is 51.1 Å². The number of H-pyrrole nitrogens is 1. The average Bonchev–Trinajstić information content (AvgIpc) is 2.98. The number of nitrogens with one attached hydrogen (secondary N) is 1. The van der Waals surface area contributed by atoms with Crippen LogP contribution < -0.4 is 5.56 Å². The molecule has 3 rings (SSSR count). The third-order valence-corrected chi connectivity index (χ3v) is 5.96. The van der Waals surface area contributed by atoms with Crippen molar-refractivity contribution in [1.82, 2.24) is 14.9 Å². The van der Waals surface area contributed by atoms with Crippen molar-refractivity contribution in [1.29, 1.82) is 0 Å². The van der Waals surface area contributed by atoms with Gasteiger partial charge in [0, 0.05) is 18.0 Å². The molecule has 2 heterocycles. The number of fused-ring (bicyclic) bond motifs is 3. The molecule has 2 aromatic heterocycles. The maximum atomic E-state index is 12.7. The van der Waals surface area contributed by atoms with Crippen LogP contribution in [0.5, 0.6) is 0 Å². The lowest BCUT2D eigenvalue weighted by Gasteiger charge is -2.24. The van der Waals surface area contributed by atoms with Crippen LogP contribution in [-0.2, 0) is 24.1 Å². The zero-order valence-corrected chi connectivity index (χ0v) is 16.5. The predicted molar refractivity (Wildman–Crippen MR) is 105 cm³/mol. The summed E-state index contributed by atoms with van der Waals surface area (Å²) in [6.07, 6.45) is 4.85. The van der Waals surface area contributed by atoms with Crippen molar-refractivity contribution in [3.63, 3.8) is 0 Å². The summed E-state index contributed by atoms with van der Waals surface area (Å²) >= 11 is 1.67. The first kappa shape index (κ1) is 19.5. The zero-order chi connectivity index (χ0) is 18.5. The van der Waals surface area contributed by atoms with Crippen LogP contribution in [0.25, 0.3) is 10.2 Å². The highest BCUT2D eigenvalue weighted by atomic mass is 32.1. The van der Waals surface area contributed by atoms with E-state index in [2.05, 4.69) is 16.8 Å². The third kappa shape index (κ3) is 4.52. The molecule has 0 radical (unpaired) electrons. The summed E-state index contributed by atoms with van der Waals surface area (Å²) in [7, 11) is 0. The molecule has 1 aliphatic rings. The number of aliphatic hydroxyl groups is 1. The molecule has 0 spiro atoms. The van der Waals surface area contributed by atoms with Crippen LogP contribution in [0.1, 0.15) is 49.4 Å². The van der Waals surface area contributed by atoms with E-state index in [1.54, 1.807) is 11.3 Å². The largest absolute Gasteiger partial charge is 0.389 e. The molecule has 0 aromatic carbocycles. The number of aromatic amines is 1. The van der Waals surface area contributed by atoms with Gasteiger partial charge < -0.3 is 14.8 Å². The molecule has 1 atom stereocenters. The molecule has 0 amide bonds. The topological polar surface area (TPSA) is 78.5 Å². The number of ether oxygens (including phenoxy) is 1. The maximum Gasteiger partial charge on any atom is 0.259 e. The van der Waals surface area contributed by atoms with Gasteiger partial charge in [-0.25, -0.2) is 4.98 Å². The van der Waals surface area contributed by atoms with Crippen molar-refractivity contribution >= 4 is 21.6 Å². The number of hydrogen-bond donors (Lipinski definition) is 2. The third-order valence-electron chi connectivity index (χ3n) is 4.77. The molecular formula is C19H29N3O3S. The first-order chi connectivity index (χ1) is 12.6. The van der Waals surface area contributed by atoms with E-state index in [4.69, 9.17) is 9.72 Å². The highest BCUT2D eigenvalue weighted by Crippen LogP contribution is 2.33. The summed E-state index contributed by atoms with van der Waals surface area (Å²) in [5.74, 6) is 0.679. The van der Waals surface area contributed by atoms with Gasteiger partial charge in [0.2, 0.25) is 0 Å². The Hall–Kier alpha value is -1.28. The molecule has 0 unspecified atom stereocenters. The van der Waals surface area contributed by atoms with Crippen LogP contribution >= 0.6 is 11.3 Å². The summed E-state index contributed by atoms with van der Waals surface area (Å²) in [6.45, 7) is 6.83. The van der Waals surface area contributed by atoms with Crippen molar-refractivity contribution in [3.05, 3.63) is 26.6 Å². The van der Waals surface area contributed by atoms with Gasteiger partial charge in [0.1, 0.15) is 10.7 Å². The molecule has 26 heavy (non-hydrogen) atoms. The summed E-state index contributed by atoms with van der Waals surface area (Å²) in [5, 5.41) is 10.9. The molecule has 0 bridgehead atoms. The Morgan fingerprint density at radius 3 is 2.92 bits per heavy atom. The van der Waals surface area contributed by atoms with Gasteiger partial charge >= 0.3 is 0 Å². The summed E-state index contributed by atoms with van der Waals surface area (Å²) < 4.78 is 5.30. The Morgan fingerprint density at radius 1 is 1.35 bits per heavy atom. The lowest BCUT2D eigenvalue weighted by atomic mass is 9.97. The highest BCUT2D eigenvalue weighted by molar-refractivity contribution is 7.18. The SMILES string of the molecule is CCCN(Cc1nc2sc3c(c2c(=O)[nH]1)CCCC3)C[C@@H](O)COCC. The molecule has 144 valence electrons. The first-order valence-corrected chi connectivity index (χ1v) is 10.5. The molecule has 7 heteroatoms. The Balaban J connectivity index is 1.79. The fraction of sp³-hybridized carbons (Fsp3) is 0.684. The molecule has 0 saturated carbocycles. The minimum Gasteiger partial charge on any atom is -0.389 e. The fourth-order valence-corrected chi connectivity index (χ4v) is 4.93. The van der Waals surface area contributed by atoms with Crippen molar-refractivity contribution in [2.45, 2.75) is 58.6 Å². The molecule has 2 aromatic rings. The van der Waals surface area contributed by atoms with E-state index in [0.717, 1.165) is 42.4 Å². The van der Waals surface area contributed by atoms with Crippen LogP contribution in [0.15, 0.2) is 4.79 Å². The van der Waals surface area contributed by atoms with Crippen LogP contribution in [0.4, 0.5) is 0 Å². The molecule has 0 aliphatic heterocycles. The van der Waals surface area contributed by atoms with Crippen molar-refractivity contribution in [3.8, 4) is 0 Å². The Labute approximate surface area is 158 Å². The second-order valence-corrected chi connectivity index (χ2v) is 8.04. The number of hydrogen-bond acceptors (Lipinski definition) is 6. The summed E-state index contributed by atoms with van der Waals surface area (Å²) in [4.78, 5) is 24.7. The van der Waals surface area contributed by atoms with Gasteiger partial charge in [0.05, 0.1) is 24.6 Å². The number of aromatic nitrogens is 2. The fourth-order valence-electron chi connectivity index (χ4n) is 3.65. The second kappa shape index (κ2) is 9.08. The predicted octanol–water partition coefficient (Wildman–Crippen LogP) is 2.47. The monoisotopic (exact) mass is 379 g/mol. The maximum absolute atomic E-state index is 12.7. The van der Waals surface area contributed by atoms with E-state index in [0.29, 0.717) is 32.1 Å². The lowest BCUT2D eigenvalue weighted by molar-refractivity contribution is 0.0192. The van der Waals surface area contributed by atoms with Crippen LogP contribution in [0.3, 0.4) is 0 Å². The lowest BCUT2D eigenvalue weighted by Crippen LogP contribution is -2.36. The molecule has 0 fully saturated rings. The Kier molecular flexibility index (Phi) is 6.80. The van der Waals surface area contributed by atoms with Crippen molar-refractivity contribution < 1.29 is 9.84 Å². The van der Waals surface area contributed by atoms with Gasteiger partial charge in [-0.2, -0.15) is 0 Å². The molecule has 0 saturated heterocycles. The molecule has 6 nitrogen and oxygen atoms in total. The second-order valence-electron chi connectivity index (χ2n) is 6.95. The van der Waals surface area contributed by atoms with Gasteiger partial charge in [0.15, 0.2) is 0 Å². The number of nitrogens with zero attached hydrogens (tertiary/aromatic N) is 2. The van der Waals surface area contributed by atoms with Gasteiger partial charge in [-0.1, -0.05) is 6.92 Å². The van der Waals surface area contributed by atoms with Crippen molar-refractivity contribution in [2.24, 2.45) is 0 Å². The van der Waals surface area contributed by atoms with E-state index in [1.165, 1.54) is 16.9 Å². The quantitative estimate of drug-likeness (QED) is 0.700. The van der Waals surface area contributed by atoms with E-state index in [1.807, 2.05) is 6.92 Å².